The molecule has 0 aliphatic carbocycles. The zero-order chi connectivity index (χ0) is 14.8. The molecule has 0 saturated carbocycles. The number of carbonyl (C=O) groups is 2. The molecule has 0 aliphatic heterocycles. The smallest absolute Gasteiger partial charge is 0.325 e. The first kappa shape index (κ1) is 22.7. The summed E-state index contributed by atoms with van der Waals surface area (Å²) >= 11 is 0. The van der Waals surface area contributed by atoms with Crippen molar-refractivity contribution >= 4 is 22.1 Å². The Balaban J connectivity index is -0.000000580. The van der Waals surface area contributed by atoms with Crippen LogP contribution in [0.25, 0.3) is 0 Å². The highest BCUT2D eigenvalue weighted by molar-refractivity contribution is 7.87. The molecule has 1 unspecified atom stereocenters. The molecule has 0 rings (SSSR count). The lowest BCUT2D eigenvalue weighted by Crippen LogP contribution is -2.32. The number of aliphatic hydroxyl groups is 1. The monoisotopic (exact) mass is 302 g/mol. The van der Waals surface area contributed by atoms with Gasteiger partial charge in [0.05, 0.1) is 13.0 Å². The number of hydrogen-bond acceptors (Lipinski definition) is 6. The van der Waals surface area contributed by atoms with Gasteiger partial charge < -0.3 is 20.4 Å². The van der Waals surface area contributed by atoms with E-state index in [9.17, 15) is 18.0 Å². The van der Waals surface area contributed by atoms with Crippen molar-refractivity contribution in [3.05, 3.63) is 12.7 Å². The van der Waals surface area contributed by atoms with Crippen LogP contribution in [0.5, 0.6) is 0 Å². The van der Waals surface area contributed by atoms with Crippen molar-refractivity contribution in [2.45, 2.75) is 18.6 Å². The second-order valence-electron chi connectivity index (χ2n) is 2.90. The third-order valence-electron chi connectivity index (χ3n) is 1.34. The standard InChI is InChI=1S/C6H10O8S.C3H6.H2O/c7-1-2-14-5(8)3-4(6(9)10)15(11,12)13;1-3-2;/h4,7H,1-3H2,(H,9,10)(H,11,12,13);3H,1H2,2H3;1H2. The Morgan fingerprint density at radius 3 is 2.11 bits per heavy atom. The quantitative estimate of drug-likeness (QED) is 0.306. The number of aliphatic carboxylic acids is 1. The molecule has 0 aromatic heterocycles. The molecular formula is C9H18O9S. The fourth-order valence-corrected chi connectivity index (χ4v) is 1.29. The molecule has 0 aromatic carbocycles. The molecule has 0 fully saturated rings. The second-order valence-corrected chi connectivity index (χ2v) is 4.50. The SMILES string of the molecule is C=CC.O.O=C(CC(C(=O)O)S(=O)(=O)O)OCCO. The van der Waals surface area contributed by atoms with E-state index in [4.69, 9.17) is 14.8 Å². The minimum Gasteiger partial charge on any atom is -0.480 e. The molecule has 9 nitrogen and oxygen atoms in total. The van der Waals surface area contributed by atoms with Gasteiger partial charge in [0, 0.05) is 0 Å². The van der Waals surface area contributed by atoms with Gasteiger partial charge in [-0.3, -0.25) is 14.1 Å². The minimum atomic E-state index is -4.85. The number of esters is 1. The van der Waals surface area contributed by atoms with Crippen LogP contribution in [0.4, 0.5) is 0 Å². The van der Waals surface area contributed by atoms with E-state index in [1.807, 2.05) is 6.92 Å². The van der Waals surface area contributed by atoms with Crippen molar-refractivity contribution in [2.24, 2.45) is 0 Å². The van der Waals surface area contributed by atoms with Crippen LogP contribution in [-0.2, 0) is 24.4 Å². The number of ether oxygens (including phenoxy) is 1. The Labute approximate surface area is 110 Å². The van der Waals surface area contributed by atoms with E-state index >= 15 is 0 Å². The summed E-state index contributed by atoms with van der Waals surface area (Å²) in [6.07, 6.45) is 0.744. The predicted molar refractivity (Wildman–Crippen MR) is 65.1 cm³/mol. The van der Waals surface area contributed by atoms with Crippen LogP contribution in [0, 0.1) is 0 Å². The van der Waals surface area contributed by atoms with Crippen molar-refractivity contribution in [3.8, 4) is 0 Å². The first-order valence-electron chi connectivity index (χ1n) is 4.73. The molecule has 0 radical (unpaired) electrons. The third kappa shape index (κ3) is 12.8. The van der Waals surface area contributed by atoms with Gasteiger partial charge in [-0.15, -0.1) is 6.58 Å². The van der Waals surface area contributed by atoms with Gasteiger partial charge in [0.2, 0.25) is 0 Å². The molecular weight excluding hydrogens is 284 g/mol. The van der Waals surface area contributed by atoms with Gasteiger partial charge in [0.1, 0.15) is 6.61 Å². The summed E-state index contributed by atoms with van der Waals surface area (Å²) < 4.78 is 33.7. The fraction of sp³-hybridized carbons (Fsp3) is 0.556. The maximum atomic E-state index is 10.8. The van der Waals surface area contributed by atoms with E-state index < -0.39 is 40.3 Å². The maximum absolute atomic E-state index is 10.8. The Morgan fingerprint density at radius 2 is 1.84 bits per heavy atom. The minimum absolute atomic E-state index is 0. The van der Waals surface area contributed by atoms with E-state index in [0.29, 0.717) is 0 Å². The summed E-state index contributed by atoms with van der Waals surface area (Å²) in [5.74, 6) is -2.98. The van der Waals surface area contributed by atoms with Crippen LogP contribution < -0.4 is 0 Å². The molecule has 0 heterocycles. The van der Waals surface area contributed by atoms with Gasteiger partial charge >= 0.3 is 11.9 Å². The van der Waals surface area contributed by atoms with Crippen LogP contribution >= 0.6 is 0 Å². The molecule has 0 aliphatic rings. The van der Waals surface area contributed by atoms with E-state index in [0.717, 1.165) is 0 Å². The lowest BCUT2D eigenvalue weighted by atomic mass is 10.3. The molecule has 0 saturated heterocycles. The van der Waals surface area contributed by atoms with Crippen molar-refractivity contribution in [3.63, 3.8) is 0 Å². The topological polar surface area (TPSA) is 170 Å². The van der Waals surface area contributed by atoms with Crippen LogP contribution in [0.15, 0.2) is 12.7 Å². The van der Waals surface area contributed by atoms with Crippen molar-refractivity contribution < 1.29 is 43.0 Å². The van der Waals surface area contributed by atoms with Gasteiger partial charge in [-0.05, 0) is 6.92 Å². The number of aliphatic hydroxyl groups excluding tert-OH is 1. The molecule has 0 spiro atoms. The second kappa shape index (κ2) is 11.6. The highest BCUT2D eigenvalue weighted by Crippen LogP contribution is 2.06. The number of carboxylic acid groups (broad SMARTS) is 1. The van der Waals surface area contributed by atoms with Gasteiger partial charge in [-0.25, -0.2) is 0 Å². The highest BCUT2D eigenvalue weighted by Gasteiger charge is 2.33. The van der Waals surface area contributed by atoms with Gasteiger partial charge in [-0.2, -0.15) is 8.42 Å². The van der Waals surface area contributed by atoms with Crippen LogP contribution in [0.1, 0.15) is 13.3 Å². The van der Waals surface area contributed by atoms with Crippen LogP contribution in [-0.4, -0.2) is 59.1 Å². The molecule has 0 aromatic rings. The highest BCUT2D eigenvalue weighted by atomic mass is 32.2. The van der Waals surface area contributed by atoms with Crippen LogP contribution in [0.3, 0.4) is 0 Å². The molecule has 5 N–H and O–H groups in total. The zero-order valence-electron chi connectivity index (χ0n) is 10.3. The number of allylic oxidation sites excluding steroid dienone is 1. The zero-order valence-corrected chi connectivity index (χ0v) is 11.1. The number of carboxylic acids is 1. The lowest BCUT2D eigenvalue weighted by molar-refractivity contribution is -0.148. The molecule has 1 atom stereocenters. The van der Waals surface area contributed by atoms with Crippen LogP contribution in [0.2, 0.25) is 0 Å². The lowest BCUT2D eigenvalue weighted by Gasteiger charge is -2.08. The summed E-state index contributed by atoms with van der Waals surface area (Å²) in [6, 6.07) is 0. The van der Waals surface area contributed by atoms with Crippen molar-refractivity contribution in [2.75, 3.05) is 13.2 Å². The molecule has 19 heavy (non-hydrogen) atoms. The summed E-state index contributed by atoms with van der Waals surface area (Å²) in [4.78, 5) is 21.2. The maximum Gasteiger partial charge on any atom is 0.325 e. The number of carbonyl (C=O) groups excluding carboxylic acids is 1. The normalized spacial score (nSPS) is 11.1. The van der Waals surface area contributed by atoms with E-state index in [2.05, 4.69) is 11.3 Å². The Bertz CT molecular complexity index is 373. The van der Waals surface area contributed by atoms with E-state index in [1.165, 1.54) is 0 Å². The molecule has 114 valence electrons. The van der Waals surface area contributed by atoms with E-state index in [1.54, 1.807) is 6.08 Å². The Morgan fingerprint density at radius 1 is 1.42 bits per heavy atom. The van der Waals surface area contributed by atoms with Crippen molar-refractivity contribution in [1.82, 2.24) is 0 Å². The fourth-order valence-electron chi connectivity index (χ4n) is 0.690. The largest absolute Gasteiger partial charge is 0.480 e. The van der Waals surface area contributed by atoms with Crippen molar-refractivity contribution in [1.29, 1.82) is 0 Å². The number of hydrogen-bond donors (Lipinski definition) is 3. The average Bonchev–Trinajstić information content (AvgIpc) is 2.22. The molecule has 0 bridgehead atoms. The average molecular weight is 302 g/mol. The first-order chi connectivity index (χ1) is 8.20. The molecule has 0 amide bonds. The van der Waals surface area contributed by atoms with Gasteiger partial charge in [-0.1, -0.05) is 6.08 Å². The van der Waals surface area contributed by atoms with Gasteiger partial charge in [0.15, 0.2) is 5.25 Å². The van der Waals surface area contributed by atoms with Gasteiger partial charge in [0.25, 0.3) is 10.1 Å². The summed E-state index contributed by atoms with van der Waals surface area (Å²) in [5, 5.41) is 14.4. The first-order valence-corrected chi connectivity index (χ1v) is 6.23. The number of rotatable bonds is 6. The summed E-state index contributed by atoms with van der Waals surface area (Å²) in [6.45, 7) is 4.42. The molecule has 10 heteroatoms. The summed E-state index contributed by atoms with van der Waals surface area (Å²) in [7, 11) is -4.85. The predicted octanol–water partition coefficient (Wildman–Crippen LogP) is -1.38. The summed E-state index contributed by atoms with van der Waals surface area (Å²) in [5.41, 5.74) is 0. The third-order valence-corrected chi connectivity index (χ3v) is 2.43. The Hall–Kier alpha value is -1.49. The Kier molecular flexibility index (Phi) is 13.8. The van der Waals surface area contributed by atoms with E-state index in [-0.39, 0.29) is 12.1 Å².